The van der Waals surface area contributed by atoms with E-state index in [1.165, 1.54) is 24.4 Å². The number of nitrogens with zero attached hydrogens (tertiary/aromatic N) is 4. The second kappa shape index (κ2) is 7.86. The van der Waals surface area contributed by atoms with E-state index in [2.05, 4.69) is 15.2 Å². The number of nitriles is 1. The first kappa shape index (κ1) is 19.0. The maximum atomic E-state index is 13.9. The number of halogens is 2. The lowest BCUT2D eigenvalue weighted by Crippen LogP contribution is -2.25. The molecular formula is C18H17ClFN5O2. The van der Waals surface area contributed by atoms with E-state index in [1.54, 1.807) is 6.07 Å². The number of anilines is 1. The van der Waals surface area contributed by atoms with E-state index in [4.69, 9.17) is 16.9 Å². The first-order valence-corrected chi connectivity index (χ1v) is 8.72. The third-order valence-electron chi connectivity index (χ3n) is 4.82. The first-order chi connectivity index (χ1) is 12.9. The highest BCUT2D eigenvalue weighted by molar-refractivity contribution is 6.30. The summed E-state index contributed by atoms with van der Waals surface area (Å²) in [7, 11) is 1.95. The molecule has 0 aliphatic carbocycles. The number of hydrogen-bond donors (Lipinski definition) is 1. The van der Waals surface area contributed by atoms with Crippen LogP contribution >= 0.6 is 11.6 Å². The zero-order valence-electron chi connectivity index (χ0n) is 14.5. The quantitative estimate of drug-likeness (QED) is 0.618. The normalized spacial score (nSPS) is 19.6. The Morgan fingerprint density at radius 1 is 1.52 bits per heavy atom. The molecule has 7 nitrogen and oxygen atoms in total. The van der Waals surface area contributed by atoms with Gasteiger partial charge in [-0.3, -0.25) is 15.0 Å². The molecule has 0 saturated carbocycles. The topological polar surface area (TPSA) is 95.1 Å². The third-order valence-corrected chi connectivity index (χ3v) is 5.12. The highest BCUT2D eigenvalue weighted by atomic mass is 35.5. The van der Waals surface area contributed by atoms with E-state index in [0.29, 0.717) is 6.54 Å². The smallest absolute Gasteiger partial charge is 0.328 e. The van der Waals surface area contributed by atoms with Gasteiger partial charge in [-0.15, -0.1) is 0 Å². The van der Waals surface area contributed by atoms with Crippen molar-refractivity contribution in [3.05, 3.63) is 62.5 Å². The molecule has 1 fully saturated rings. The van der Waals surface area contributed by atoms with Gasteiger partial charge in [0.05, 0.1) is 9.95 Å². The predicted molar refractivity (Wildman–Crippen MR) is 99.0 cm³/mol. The number of aromatic nitrogens is 1. The molecule has 3 rings (SSSR count). The number of nitrogens with one attached hydrogen (secondary N) is 1. The number of rotatable bonds is 5. The minimum Gasteiger partial charge on any atom is -0.364 e. The number of nitro groups is 1. The van der Waals surface area contributed by atoms with Crippen LogP contribution in [-0.4, -0.2) is 34.9 Å². The summed E-state index contributed by atoms with van der Waals surface area (Å²) in [5.74, 6) is -0.322. The Morgan fingerprint density at radius 2 is 2.30 bits per heavy atom. The van der Waals surface area contributed by atoms with Crippen LogP contribution in [0.1, 0.15) is 23.6 Å². The lowest BCUT2D eigenvalue weighted by Gasteiger charge is -2.26. The zero-order chi connectivity index (χ0) is 19.6. The van der Waals surface area contributed by atoms with Gasteiger partial charge >= 0.3 is 5.69 Å². The molecule has 2 atom stereocenters. The molecule has 1 aromatic heterocycles. The summed E-state index contributed by atoms with van der Waals surface area (Å²) in [6.07, 6.45) is 2.20. The van der Waals surface area contributed by atoms with Gasteiger partial charge in [-0.2, -0.15) is 5.26 Å². The lowest BCUT2D eigenvalue weighted by molar-refractivity contribution is -0.384. The molecule has 0 radical (unpaired) electrons. The van der Waals surface area contributed by atoms with Crippen LogP contribution in [0.25, 0.3) is 0 Å². The van der Waals surface area contributed by atoms with Gasteiger partial charge in [0, 0.05) is 18.8 Å². The van der Waals surface area contributed by atoms with Crippen molar-refractivity contribution in [3.63, 3.8) is 0 Å². The fraction of sp³-hybridized carbons (Fsp3) is 0.333. The van der Waals surface area contributed by atoms with Crippen molar-refractivity contribution < 1.29 is 9.31 Å². The minimum absolute atomic E-state index is 0.0441. The minimum atomic E-state index is -0.610. The van der Waals surface area contributed by atoms with Crippen molar-refractivity contribution in [2.45, 2.75) is 12.5 Å². The predicted octanol–water partition coefficient (Wildman–Crippen LogP) is 3.76. The summed E-state index contributed by atoms with van der Waals surface area (Å²) in [6, 6.07) is 7.83. The SMILES string of the molecule is CN1CCC(CNc2nccc(C#N)c2[N+](=O)[O-])C1c1ccc(Cl)c(F)c1. The van der Waals surface area contributed by atoms with E-state index in [-0.39, 0.29) is 34.1 Å². The Balaban J connectivity index is 1.82. The van der Waals surface area contributed by atoms with Crippen molar-refractivity contribution in [2.24, 2.45) is 5.92 Å². The average molecular weight is 390 g/mol. The molecule has 1 aliphatic rings. The molecular weight excluding hydrogens is 373 g/mol. The number of likely N-dealkylation sites (tertiary alicyclic amines) is 1. The van der Waals surface area contributed by atoms with Crippen LogP contribution in [0.3, 0.4) is 0 Å². The van der Waals surface area contributed by atoms with Gasteiger partial charge in [0.25, 0.3) is 0 Å². The van der Waals surface area contributed by atoms with Crippen LogP contribution in [-0.2, 0) is 0 Å². The summed E-state index contributed by atoms with van der Waals surface area (Å²) in [5.41, 5.74) is 0.426. The van der Waals surface area contributed by atoms with E-state index < -0.39 is 10.7 Å². The van der Waals surface area contributed by atoms with Gasteiger partial charge in [0.15, 0.2) is 0 Å². The Kier molecular flexibility index (Phi) is 5.54. The Labute approximate surface area is 160 Å². The monoisotopic (exact) mass is 389 g/mol. The second-order valence-electron chi connectivity index (χ2n) is 6.45. The molecule has 0 amide bonds. The standard InChI is InChI=1S/C18H17ClFN5O2/c1-24-7-5-13(16(24)11-2-3-14(19)15(20)8-11)10-23-18-17(25(26)27)12(9-21)4-6-22-18/h2-4,6,8,13,16H,5,7,10H2,1H3,(H,22,23). The van der Waals surface area contributed by atoms with Crippen LogP contribution in [0.15, 0.2) is 30.5 Å². The fourth-order valence-electron chi connectivity index (χ4n) is 3.55. The molecule has 1 aromatic carbocycles. The van der Waals surface area contributed by atoms with Gasteiger partial charge in [0.1, 0.15) is 17.4 Å². The van der Waals surface area contributed by atoms with Crippen LogP contribution < -0.4 is 5.32 Å². The van der Waals surface area contributed by atoms with Crippen LogP contribution in [0.5, 0.6) is 0 Å². The highest BCUT2D eigenvalue weighted by Crippen LogP contribution is 2.37. The largest absolute Gasteiger partial charge is 0.364 e. The summed E-state index contributed by atoms with van der Waals surface area (Å²) < 4.78 is 13.9. The van der Waals surface area contributed by atoms with Crippen LogP contribution in [0.4, 0.5) is 15.9 Å². The van der Waals surface area contributed by atoms with Crippen molar-refractivity contribution in [3.8, 4) is 6.07 Å². The zero-order valence-corrected chi connectivity index (χ0v) is 15.3. The number of hydrogen-bond acceptors (Lipinski definition) is 6. The molecule has 1 saturated heterocycles. The van der Waals surface area contributed by atoms with Crippen LogP contribution in [0.2, 0.25) is 5.02 Å². The van der Waals surface area contributed by atoms with Crippen molar-refractivity contribution in [1.82, 2.24) is 9.88 Å². The Bertz CT molecular complexity index is 917. The maximum Gasteiger partial charge on any atom is 0.328 e. The molecule has 2 unspecified atom stereocenters. The fourth-order valence-corrected chi connectivity index (χ4v) is 3.67. The molecule has 9 heteroatoms. The average Bonchev–Trinajstić information content (AvgIpc) is 3.02. The van der Waals surface area contributed by atoms with E-state index in [1.807, 2.05) is 13.1 Å². The molecule has 1 N–H and O–H groups in total. The van der Waals surface area contributed by atoms with Gasteiger partial charge in [-0.1, -0.05) is 17.7 Å². The Morgan fingerprint density at radius 3 is 2.96 bits per heavy atom. The molecule has 27 heavy (non-hydrogen) atoms. The molecule has 140 valence electrons. The van der Waals surface area contributed by atoms with Gasteiger partial charge < -0.3 is 5.32 Å². The summed E-state index contributed by atoms with van der Waals surface area (Å²) >= 11 is 5.78. The van der Waals surface area contributed by atoms with Crippen molar-refractivity contribution in [2.75, 3.05) is 25.5 Å². The molecule has 1 aliphatic heterocycles. The van der Waals surface area contributed by atoms with E-state index in [9.17, 15) is 14.5 Å². The summed E-state index contributed by atoms with van der Waals surface area (Å²) in [5, 5.41) is 23.5. The molecule has 2 aromatic rings. The van der Waals surface area contributed by atoms with Crippen LogP contribution in [0, 0.1) is 33.2 Å². The second-order valence-corrected chi connectivity index (χ2v) is 6.86. The van der Waals surface area contributed by atoms with E-state index >= 15 is 0 Å². The highest BCUT2D eigenvalue weighted by Gasteiger charge is 2.34. The number of pyridine rings is 1. The van der Waals surface area contributed by atoms with Gasteiger partial charge in [-0.05, 0) is 49.7 Å². The van der Waals surface area contributed by atoms with Crippen molar-refractivity contribution >= 4 is 23.1 Å². The third kappa shape index (κ3) is 3.84. The number of benzene rings is 1. The Hall–Kier alpha value is -2.76. The maximum absolute atomic E-state index is 13.9. The first-order valence-electron chi connectivity index (χ1n) is 8.35. The molecule has 2 heterocycles. The summed E-state index contributed by atoms with van der Waals surface area (Å²) in [6.45, 7) is 1.22. The van der Waals surface area contributed by atoms with Gasteiger partial charge in [-0.25, -0.2) is 9.37 Å². The molecule has 0 spiro atoms. The lowest BCUT2D eigenvalue weighted by atomic mass is 9.93. The van der Waals surface area contributed by atoms with Gasteiger partial charge in [0.2, 0.25) is 5.82 Å². The summed E-state index contributed by atoms with van der Waals surface area (Å²) in [4.78, 5) is 16.8. The molecule has 0 bridgehead atoms. The van der Waals surface area contributed by atoms with E-state index in [0.717, 1.165) is 18.5 Å². The van der Waals surface area contributed by atoms with Crippen molar-refractivity contribution in [1.29, 1.82) is 5.26 Å².